The number of pyridine rings is 2. The summed E-state index contributed by atoms with van der Waals surface area (Å²) in [5.41, 5.74) is 1.41. The zero-order chi connectivity index (χ0) is 45.1. The number of carboxylic acids is 2. The number of carboxylic acid groups (broad SMARTS) is 2. The maximum absolute atomic E-state index is 14.1. The van der Waals surface area contributed by atoms with Crippen LogP contribution < -0.4 is 19.7 Å². The first-order chi connectivity index (χ1) is 29.4. The van der Waals surface area contributed by atoms with E-state index < -0.39 is 72.5 Å². The van der Waals surface area contributed by atoms with Gasteiger partial charge in [0, 0.05) is 71.9 Å². The number of carbonyl (C=O) groups excluding carboxylic acids is 2. The second-order valence-corrected chi connectivity index (χ2v) is 14.4. The van der Waals surface area contributed by atoms with Crippen molar-refractivity contribution in [2.24, 2.45) is 0 Å². The molecule has 6 rings (SSSR count). The Hall–Kier alpha value is -4.88. The van der Waals surface area contributed by atoms with Crippen LogP contribution in [0.5, 0.6) is 23.0 Å². The molecule has 2 heterocycles. The number of fused-ring (bicyclic) bond motifs is 2. The summed E-state index contributed by atoms with van der Waals surface area (Å²) in [5, 5.41) is 60.8. The summed E-state index contributed by atoms with van der Waals surface area (Å²) in [6.45, 7) is 0. The number of aromatic nitrogens is 2. The van der Waals surface area contributed by atoms with Crippen molar-refractivity contribution in [3.05, 3.63) is 142 Å². The van der Waals surface area contributed by atoms with Gasteiger partial charge in [0.05, 0.1) is 45.5 Å². The molecule has 0 fully saturated rings. The molecule has 63 heavy (non-hydrogen) atoms. The quantitative estimate of drug-likeness (QED) is 0.0646. The van der Waals surface area contributed by atoms with E-state index in [-0.39, 0.29) is 83.6 Å². The molecule has 6 aromatic rings. The number of aliphatic hydroxyl groups is 4. The fraction of sp³-hybridized carbons (Fsp3) is 0.182. The maximum Gasteiger partial charge on any atom is 2.00 e. The van der Waals surface area contributed by atoms with Gasteiger partial charge in [0.2, 0.25) is 0 Å². The number of halogens is 6. The summed E-state index contributed by atoms with van der Waals surface area (Å²) in [5.74, 6) is -4.22. The summed E-state index contributed by atoms with van der Waals surface area (Å²) in [6.07, 6.45) is 1.72. The molecule has 2 aromatic heterocycles. The van der Waals surface area contributed by atoms with Crippen molar-refractivity contribution in [3.63, 3.8) is 0 Å². The molecule has 0 spiro atoms. The van der Waals surface area contributed by atoms with E-state index in [1.807, 2.05) is 0 Å². The SMILES string of the molecule is O=C([O-])C[C@H](O)C[C@H](O)/C=C/c1cnc2cc(Cl)c(F)cc2c1Oc1ccc(F)cc1.O=C([O-])C[C@H](O)C[C@H](O)/C=C/c1cnc2cc(Cl)c(F)cc2c1Oc1ccc(F)cc1.[Ca+2]. The van der Waals surface area contributed by atoms with Crippen molar-refractivity contribution in [2.75, 3.05) is 0 Å². The molecule has 0 unspecified atom stereocenters. The predicted octanol–water partition coefficient (Wildman–Crippen LogP) is 6.07. The Morgan fingerprint density at radius 1 is 0.619 bits per heavy atom. The van der Waals surface area contributed by atoms with Gasteiger partial charge >= 0.3 is 37.7 Å². The smallest absolute Gasteiger partial charge is 0.550 e. The Morgan fingerprint density at radius 3 is 1.30 bits per heavy atom. The summed E-state index contributed by atoms with van der Waals surface area (Å²) in [7, 11) is 0. The van der Waals surface area contributed by atoms with Crippen LogP contribution in [0.2, 0.25) is 10.0 Å². The van der Waals surface area contributed by atoms with Gasteiger partial charge in [0.1, 0.15) is 46.3 Å². The van der Waals surface area contributed by atoms with E-state index in [0.717, 1.165) is 12.1 Å². The first-order valence-electron chi connectivity index (χ1n) is 18.4. The number of rotatable bonds is 16. The molecule has 324 valence electrons. The Morgan fingerprint density at radius 2 is 0.968 bits per heavy atom. The maximum atomic E-state index is 14.1. The van der Waals surface area contributed by atoms with Crippen LogP contribution in [-0.2, 0) is 9.59 Å². The minimum absolute atomic E-state index is 0. The zero-order valence-electron chi connectivity index (χ0n) is 32.6. The summed E-state index contributed by atoms with van der Waals surface area (Å²) in [4.78, 5) is 29.5. The van der Waals surface area contributed by atoms with E-state index in [1.165, 1.54) is 97.4 Å². The second kappa shape index (κ2) is 23.7. The van der Waals surface area contributed by atoms with Crippen molar-refractivity contribution in [2.45, 2.75) is 50.1 Å². The normalized spacial score (nSPS) is 13.2. The Kier molecular flexibility index (Phi) is 19.1. The first-order valence-corrected chi connectivity index (χ1v) is 19.1. The Balaban J connectivity index is 0.000000272. The average molecular weight is 938 g/mol. The standard InChI is InChI=1S/2C22H18ClF2NO5.Ca/c2*23-18-10-20-17(9-19(18)25)22(31-16-5-2-13(24)3-6-16)12(11-26-20)1-4-14(27)7-15(28)8-21(29)30;/h2*1-6,9-11,14-15,27-28H,7-8H2,(H,29,30);/q;;+2/p-2/b2*4-1+;/t2*14-,15-;/m11./s1. The van der Waals surface area contributed by atoms with Crippen molar-refractivity contribution in [1.29, 1.82) is 0 Å². The van der Waals surface area contributed by atoms with Crippen LogP contribution in [0.3, 0.4) is 0 Å². The summed E-state index contributed by atoms with van der Waals surface area (Å²) < 4.78 is 66.4. The number of ether oxygens (including phenoxy) is 2. The van der Waals surface area contributed by atoms with Gasteiger partial charge in [-0.25, -0.2) is 17.6 Å². The first kappa shape index (κ1) is 50.8. The van der Waals surface area contributed by atoms with Crippen molar-refractivity contribution in [1.82, 2.24) is 9.97 Å². The Bertz CT molecular complexity index is 2430. The minimum atomic E-state index is -1.43. The largest absolute Gasteiger partial charge is 2.00 e. The van der Waals surface area contributed by atoms with Crippen molar-refractivity contribution in [3.8, 4) is 23.0 Å². The van der Waals surface area contributed by atoms with Gasteiger partial charge in [-0.3, -0.25) is 9.97 Å². The average Bonchev–Trinajstić information content (AvgIpc) is 3.19. The van der Waals surface area contributed by atoms with Gasteiger partial charge in [-0.1, -0.05) is 47.5 Å². The van der Waals surface area contributed by atoms with Crippen LogP contribution >= 0.6 is 23.2 Å². The minimum Gasteiger partial charge on any atom is -0.550 e. The molecular weight excluding hydrogens is 903 g/mol. The Labute approximate surface area is 396 Å². The van der Waals surface area contributed by atoms with Crippen LogP contribution in [-0.4, -0.2) is 104 Å². The molecule has 12 nitrogen and oxygen atoms in total. The van der Waals surface area contributed by atoms with Crippen molar-refractivity contribution < 1.29 is 67.3 Å². The van der Waals surface area contributed by atoms with Gasteiger partial charge in [-0.15, -0.1) is 0 Å². The fourth-order valence-corrected chi connectivity index (χ4v) is 6.07. The number of hydrogen-bond donors (Lipinski definition) is 4. The predicted molar refractivity (Wildman–Crippen MR) is 223 cm³/mol. The van der Waals surface area contributed by atoms with Gasteiger partial charge in [0.25, 0.3) is 0 Å². The van der Waals surface area contributed by atoms with E-state index in [4.69, 9.17) is 32.7 Å². The molecule has 4 aromatic carbocycles. The van der Waals surface area contributed by atoms with Gasteiger partial charge < -0.3 is 49.7 Å². The topological polar surface area (TPSA) is 205 Å². The zero-order valence-corrected chi connectivity index (χ0v) is 36.4. The third-order valence-corrected chi connectivity index (χ3v) is 9.25. The number of benzene rings is 4. The van der Waals surface area contributed by atoms with E-state index in [9.17, 15) is 57.8 Å². The molecule has 4 N–H and O–H groups in total. The fourth-order valence-electron chi connectivity index (χ4n) is 5.76. The van der Waals surface area contributed by atoms with E-state index in [0.29, 0.717) is 32.9 Å². The second-order valence-electron chi connectivity index (χ2n) is 13.5. The van der Waals surface area contributed by atoms with Gasteiger partial charge in [-0.05, 0) is 72.8 Å². The van der Waals surface area contributed by atoms with Crippen molar-refractivity contribution >= 4 is 107 Å². The molecule has 19 heteroatoms. The molecular formula is C44H34CaCl2F4N2O10. The van der Waals surface area contributed by atoms with Gasteiger partial charge in [-0.2, -0.15) is 0 Å². The number of nitrogens with zero attached hydrogens (tertiary/aromatic N) is 2. The molecule has 0 bridgehead atoms. The third-order valence-electron chi connectivity index (χ3n) is 8.67. The molecule has 0 saturated carbocycles. The van der Waals surface area contributed by atoms with Gasteiger partial charge in [0.15, 0.2) is 0 Å². The van der Waals surface area contributed by atoms with Crippen LogP contribution in [0.15, 0.2) is 97.3 Å². The third kappa shape index (κ3) is 15.1. The number of aliphatic hydroxyl groups excluding tert-OH is 4. The molecule has 0 aliphatic carbocycles. The molecule has 0 aliphatic heterocycles. The van der Waals surface area contributed by atoms with Crippen LogP contribution in [0.25, 0.3) is 34.0 Å². The van der Waals surface area contributed by atoms with E-state index in [1.54, 1.807) is 0 Å². The molecule has 0 radical (unpaired) electrons. The van der Waals surface area contributed by atoms with Crippen LogP contribution in [0.1, 0.15) is 36.8 Å². The van der Waals surface area contributed by atoms with E-state index >= 15 is 0 Å². The van der Waals surface area contributed by atoms with E-state index in [2.05, 4.69) is 9.97 Å². The molecule has 4 atom stereocenters. The number of aliphatic carboxylic acids is 2. The molecule has 0 aliphatic rings. The summed E-state index contributed by atoms with van der Waals surface area (Å²) in [6, 6.07) is 15.4. The van der Waals surface area contributed by atoms with Crippen LogP contribution in [0.4, 0.5) is 17.6 Å². The molecule has 0 saturated heterocycles. The van der Waals surface area contributed by atoms with Crippen LogP contribution in [0, 0.1) is 23.3 Å². The monoisotopic (exact) mass is 936 g/mol. The summed E-state index contributed by atoms with van der Waals surface area (Å²) >= 11 is 11.7. The number of carbonyl (C=O) groups is 2. The molecule has 0 amide bonds. The number of hydrogen-bond acceptors (Lipinski definition) is 12.